The molecule has 0 bridgehead atoms. The average molecular weight is 324 g/mol. The van der Waals surface area contributed by atoms with E-state index in [9.17, 15) is 0 Å². The minimum Gasteiger partial charge on any atom is -0.299 e. The number of likely N-dealkylation sites (tertiary alicyclic amines) is 1. The molecule has 0 amide bonds. The smallest absolute Gasteiger partial charge is 0.0489 e. The summed E-state index contributed by atoms with van der Waals surface area (Å²) in [4.78, 5) is 2.47. The van der Waals surface area contributed by atoms with E-state index in [0.29, 0.717) is 5.02 Å². The molecule has 0 radical (unpaired) electrons. The van der Waals surface area contributed by atoms with Crippen LogP contribution in [0, 0.1) is 5.92 Å². The Kier molecular flexibility index (Phi) is 4.84. The third kappa shape index (κ3) is 4.00. The molecule has 3 nitrogen and oxygen atoms in total. The van der Waals surface area contributed by atoms with Crippen molar-refractivity contribution < 1.29 is 0 Å². The van der Waals surface area contributed by atoms with Gasteiger partial charge in [0.1, 0.15) is 0 Å². The lowest BCUT2D eigenvalue weighted by atomic mass is 9.96. The molecule has 0 spiro atoms. The third-order valence-electron chi connectivity index (χ3n) is 4.12. The van der Waals surface area contributed by atoms with Crippen molar-refractivity contribution in [1.82, 2.24) is 14.7 Å². The van der Waals surface area contributed by atoms with Crippen LogP contribution in [0.3, 0.4) is 0 Å². The van der Waals surface area contributed by atoms with Crippen molar-refractivity contribution in [2.24, 2.45) is 5.92 Å². The van der Waals surface area contributed by atoms with Crippen molar-refractivity contribution in [2.75, 3.05) is 13.1 Å². The molecule has 0 aliphatic carbocycles. The summed E-state index contributed by atoms with van der Waals surface area (Å²) in [6, 6.07) is 7.74. The zero-order chi connectivity index (χ0) is 14.7. The molecule has 2 aromatic rings. The minimum absolute atomic E-state index is 0.696. The van der Waals surface area contributed by atoms with E-state index in [-0.39, 0.29) is 0 Å². The maximum atomic E-state index is 6.25. The van der Waals surface area contributed by atoms with Gasteiger partial charge in [-0.25, -0.2) is 0 Å². The highest BCUT2D eigenvalue weighted by Crippen LogP contribution is 2.25. The number of nitrogens with zero attached hydrogens (tertiary/aromatic N) is 3. The van der Waals surface area contributed by atoms with Crippen LogP contribution in [0.1, 0.15) is 18.4 Å². The Labute approximate surface area is 135 Å². The first-order chi connectivity index (χ1) is 10.2. The van der Waals surface area contributed by atoms with Gasteiger partial charge in [0, 0.05) is 35.5 Å². The van der Waals surface area contributed by atoms with E-state index in [1.807, 2.05) is 41.3 Å². The first-order valence-electron chi connectivity index (χ1n) is 7.34. The zero-order valence-corrected chi connectivity index (χ0v) is 13.4. The summed E-state index contributed by atoms with van der Waals surface area (Å²) in [5, 5.41) is 5.75. The molecule has 1 aromatic heterocycles. The van der Waals surface area contributed by atoms with Gasteiger partial charge in [-0.05, 0) is 55.6 Å². The van der Waals surface area contributed by atoms with Gasteiger partial charge >= 0.3 is 0 Å². The Morgan fingerprint density at radius 2 is 2.00 bits per heavy atom. The van der Waals surface area contributed by atoms with Crippen molar-refractivity contribution >= 4 is 23.2 Å². The molecular formula is C16H19Cl2N3. The van der Waals surface area contributed by atoms with Crippen LogP contribution in [0.15, 0.2) is 36.7 Å². The molecule has 1 aliphatic heterocycles. The van der Waals surface area contributed by atoms with Gasteiger partial charge in [0.2, 0.25) is 0 Å². The summed E-state index contributed by atoms with van der Waals surface area (Å²) in [5.74, 6) is 0.724. The molecule has 112 valence electrons. The topological polar surface area (TPSA) is 21.1 Å². The molecule has 3 rings (SSSR count). The molecule has 5 heteroatoms. The van der Waals surface area contributed by atoms with Gasteiger partial charge in [-0.15, -0.1) is 0 Å². The van der Waals surface area contributed by atoms with Gasteiger partial charge in [-0.1, -0.05) is 29.3 Å². The third-order valence-corrected chi connectivity index (χ3v) is 4.71. The zero-order valence-electron chi connectivity index (χ0n) is 11.9. The predicted octanol–water partition coefficient (Wildman–Crippen LogP) is 4.10. The van der Waals surface area contributed by atoms with Gasteiger partial charge in [0.15, 0.2) is 0 Å². The maximum absolute atomic E-state index is 6.25. The van der Waals surface area contributed by atoms with Crippen LogP contribution in [-0.2, 0) is 13.1 Å². The Hall–Kier alpha value is -1.03. The highest BCUT2D eigenvalue weighted by atomic mass is 35.5. The molecule has 1 aliphatic rings. The number of hydrogen-bond donors (Lipinski definition) is 0. The number of hydrogen-bond acceptors (Lipinski definition) is 2. The number of aromatic nitrogens is 2. The summed E-state index contributed by atoms with van der Waals surface area (Å²) in [5.41, 5.74) is 1.16. The fourth-order valence-electron chi connectivity index (χ4n) is 2.89. The lowest BCUT2D eigenvalue weighted by Gasteiger charge is -2.32. The first kappa shape index (κ1) is 14.9. The standard InChI is InChI=1S/C16H19Cl2N3/c17-15-3-2-14(16(18)10-15)12-20-8-4-13(5-9-20)11-21-7-1-6-19-21/h1-3,6-7,10,13H,4-5,8-9,11-12H2. The van der Waals surface area contributed by atoms with E-state index in [1.165, 1.54) is 12.8 Å². The van der Waals surface area contributed by atoms with Crippen molar-refractivity contribution in [3.63, 3.8) is 0 Å². The normalized spacial score (nSPS) is 17.2. The maximum Gasteiger partial charge on any atom is 0.0489 e. The van der Waals surface area contributed by atoms with E-state index >= 15 is 0 Å². The van der Waals surface area contributed by atoms with Gasteiger partial charge in [0.05, 0.1) is 0 Å². The average Bonchev–Trinajstić information content (AvgIpc) is 2.97. The van der Waals surface area contributed by atoms with Crippen molar-refractivity contribution in [3.05, 3.63) is 52.3 Å². The summed E-state index contributed by atoms with van der Waals surface area (Å²) >= 11 is 12.2. The Balaban J connectivity index is 1.51. The highest BCUT2D eigenvalue weighted by Gasteiger charge is 2.20. The minimum atomic E-state index is 0.696. The monoisotopic (exact) mass is 323 g/mol. The van der Waals surface area contributed by atoms with Crippen molar-refractivity contribution in [2.45, 2.75) is 25.9 Å². The summed E-state index contributed by atoms with van der Waals surface area (Å²) < 4.78 is 2.04. The van der Waals surface area contributed by atoms with Crippen LogP contribution in [0.5, 0.6) is 0 Å². The molecule has 0 saturated carbocycles. The molecule has 2 heterocycles. The SMILES string of the molecule is Clc1ccc(CN2CCC(Cn3cccn3)CC2)c(Cl)c1. The Morgan fingerprint density at radius 1 is 1.19 bits per heavy atom. The molecule has 1 aromatic carbocycles. The molecule has 0 N–H and O–H groups in total. The van der Waals surface area contributed by atoms with Gasteiger partial charge < -0.3 is 0 Å². The van der Waals surface area contributed by atoms with Crippen LogP contribution in [-0.4, -0.2) is 27.8 Å². The molecule has 0 atom stereocenters. The second-order valence-corrected chi connectivity index (χ2v) is 6.53. The van der Waals surface area contributed by atoms with Gasteiger partial charge in [0.25, 0.3) is 0 Å². The van der Waals surface area contributed by atoms with Crippen LogP contribution in [0.25, 0.3) is 0 Å². The van der Waals surface area contributed by atoms with Gasteiger partial charge in [-0.3, -0.25) is 9.58 Å². The van der Waals surface area contributed by atoms with Crippen LogP contribution >= 0.6 is 23.2 Å². The van der Waals surface area contributed by atoms with Crippen molar-refractivity contribution in [3.8, 4) is 0 Å². The number of benzene rings is 1. The molecule has 1 saturated heterocycles. The predicted molar refractivity (Wildman–Crippen MR) is 86.7 cm³/mol. The first-order valence-corrected chi connectivity index (χ1v) is 8.10. The van der Waals surface area contributed by atoms with E-state index in [4.69, 9.17) is 23.2 Å². The number of piperidine rings is 1. The molecule has 0 unspecified atom stereocenters. The van der Waals surface area contributed by atoms with Gasteiger partial charge in [-0.2, -0.15) is 5.10 Å². The Bertz CT molecular complexity index is 575. The number of halogens is 2. The van der Waals surface area contributed by atoms with E-state index in [0.717, 1.165) is 42.7 Å². The number of rotatable bonds is 4. The van der Waals surface area contributed by atoms with Crippen molar-refractivity contribution in [1.29, 1.82) is 0 Å². The second-order valence-electron chi connectivity index (χ2n) is 5.68. The summed E-state index contributed by atoms with van der Waals surface area (Å²) in [6.07, 6.45) is 6.31. The summed E-state index contributed by atoms with van der Waals surface area (Å²) in [6.45, 7) is 4.17. The Morgan fingerprint density at radius 3 is 2.67 bits per heavy atom. The van der Waals surface area contributed by atoms with Crippen LogP contribution < -0.4 is 0 Å². The second kappa shape index (κ2) is 6.82. The van der Waals surface area contributed by atoms with Crippen LogP contribution in [0.2, 0.25) is 10.0 Å². The molecular weight excluding hydrogens is 305 g/mol. The molecule has 21 heavy (non-hydrogen) atoms. The van der Waals surface area contributed by atoms with E-state index < -0.39 is 0 Å². The van der Waals surface area contributed by atoms with Crippen LogP contribution in [0.4, 0.5) is 0 Å². The van der Waals surface area contributed by atoms with E-state index in [1.54, 1.807) is 0 Å². The molecule has 1 fully saturated rings. The lowest BCUT2D eigenvalue weighted by Crippen LogP contribution is -2.34. The summed E-state index contributed by atoms with van der Waals surface area (Å²) in [7, 11) is 0. The lowest BCUT2D eigenvalue weighted by molar-refractivity contribution is 0.164. The van der Waals surface area contributed by atoms with E-state index in [2.05, 4.69) is 10.00 Å². The fourth-order valence-corrected chi connectivity index (χ4v) is 3.36. The largest absolute Gasteiger partial charge is 0.299 e. The fraction of sp³-hybridized carbons (Fsp3) is 0.438. The quantitative estimate of drug-likeness (QED) is 0.844. The highest BCUT2D eigenvalue weighted by molar-refractivity contribution is 6.35.